The first-order valence-corrected chi connectivity index (χ1v) is 5.60. The first-order chi connectivity index (χ1) is 2.41. The molecule has 0 aromatic rings. The molecule has 0 nitrogen and oxygen atoms in total. The summed E-state index contributed by atoms with van der Waals surface area (Å²) in [7, 11) is 0. The van der Waals surface area contributed by atoms with Gasteiger partial charge in [-0.25, -0.2) is 0 Å². The van der Waals surface area contributed by atoms with Crippen LogP contribution in [0.15, 0.2) is 0 Å². The molecule has 0 aliphatic rings. The average molecular weight is 311 g/mol. The van der Waals surface area contributed by atoms with Crippen LogP contribution >= 0.6 is 34.0 Å². The third-order valence-electron chi connectivity index (χ3n) is 0.500. The van der Waals surface area contributed by atoms with Crippen LogP contribution in [0, 0.1) is 0 Å². The Morgan fingerprint density at radius 2 is 1.29 bits per heavy atom. The summed E-state index contributed by atoms with van der Waals surface area (Å²) in [5.41, 5.74) is 0. The SMILES string of the molecule is Br.Br.C[CH2][Zr][CH2]C. The Morgan fingerprint density at radius 3 is 1.29 bits per heavy atom. The van der Waals surface area contributed by atoms with Crippen molar-refractivity contribution in [3.8, 4) is 0 Å². The fourth-order valence-electron chi connectivity index (χ4n) is 0.250. The van der Waals surface area contributed by atoms with Gasteiger partial charge in [0.2, 0.25) is 0 Å². The molecule has 0 bridgehead atoms. The molecule has 0 aromatic carbocycles. The van der Waals surface area contributed by atoms with E-state index in [4.69, 9.17) is 0 Å². The molecule has 0 saturated heterocycles. The summed E-state index contributed by atoms with van der Waals surface area (Å²) in [6.07, 6.45) is 0. The topological polar surface area (TPSA) is 0 Å². The van der Waals surface area contributed by atoms with Crippen molar-refractivity contribution < 1.29 is 23.2 Å². The van der Waals surface area contributed by atoms with Crippen molar-refractivity contribution in [2.24, 2.45) is 0 Å². The Bertz CT molecular complexity index is 17.2. The van der Waals surface area contributed by atoms with Crippen LogP contribution in [-0.4, -0.2) is 0 Å². The Morgan fingerprint density at radius 1 is 1.00 bits per heavy atom. The van der Waals surface area contributed by atoms with Crippen LogP contribution in [0.25, 0.3) is 0 Å². The second kappa shape index (κ2) is 15.7. The van der Waals surface area contributed by atoms with Gasteiger partial charge < -0.3 is 0 Å². The van der Waals surface area contributed by atoms with Crippen LogP contribution in [0.1, 0.15) is 13.8 Å². The zero-order valence-corrected chi connectivity index (χ0v) is 10.6. The first kappa shape index (κ1) is 15.9. The minimum absolute atomic E-state index is 0. The molecule has 0 N–H and O–H groups in total. The van der Waals surface area contributed by atoms with E-state index in [1.165, 1.54) is 8.26 Å². The standard InChI is InChI=1S/2C2H5.2BrH.Zr/c2*1-2;;;/h2*1H2,2H3;2*1H;. The average Bonchev–Trinajstić information content (AvgIpc) is 1.41. The van der Waals surface area contributed by atoms with Crippen molar-refractivity contribution in [1.82, 2.24) is 0 Å². The Kier molecular flexibility index (Phi) is 35.6. The molecule has 3 heteroatoms. The van der Waals surface area contributed by atoms with Gasteiger partial charge in [0, 0.05) is 0 Å². The zero-order valence-electron chi connectivity index (χ0n) is 4.73. The number of hydrogen-bond donors (Lipinski definition) is 0. The van der Waals surface area contributed by atoms with E-state index in [1.54, 1.807) is 0 Å². The van der Waals surface area contributed by atoms with E-state index in [0.29, 0.717) is 0 Å². The van der Waals surface area contributed by atoms with E-state index in [1.807, 2.05) is 0 Å². The van der Waals surface area contributed by atoms with Crippen molar-refractivity contribution in [3.05, 3.63) is 0 Å². The molecular formula is C4H12Br2Zr. The van der Waals surface area contributed by atoms with Gasteiger partial charge >= 0.3 is 45.3 Å². The second-order valence-electron chi connectivity index (χ2n) is 0.957. The quantitative estimate of drug-likeness (QED) is 0.735. The van der Waals surface area contributed by atoms with Gasteiger partial charge in [-0.15, -0.1) is 34.0 Å². The fourth-order valence-corrected chi connectivity index (χ4v) is 1.48. The van der Waals surface area contributed by atoms with Crippen LogP contribution in [0.3, 0.4) is 0 Å². The van der Waals surface area contributed by atoms with Crippen LogP contribution < -0.4 is 0 Å². The summed E-state index contributed by atoms with van der Waals surface area (Å²) < 4.78 is 3.03. The summed E-state index contributed by atoms with van der Waals surface area (Å²) in [6.45, 7) is 4.57. The van der Waals surface area contributed by atoms with Gasteiger partial charge in [-0.3, -0.25) is 0 Å². The van der Waals surface area contributed by atoms with E-state index in [0.717, 1.165) is 0 Å². The molecule has 0 aromatic heterocycles. The zero-order chi connectivity index (χ0) is 4.12. The van der Waals surface area contributed by atoms with Gasteiger partial charge in [0.1, 0.15) is 0 Å². The van der Waals surface area contributed by atoms with E-state index in [-0.39, 0.29) is 57.2 Å². The Labute approximate surface area is 78.6 Å². The van der Waals surface area contributed by atoms with Gasteiger partial charge in [0.25, 0.3) is 0 Å². The molecule has 0 fully saturated rings. The monoisotopic (exact) mass is 308 g/mol. The van der Waals surface area contributed by atoms with E-state index < -0.39 is 0 Å². The molecule has 0 spiro atoms. The third kappa shape index (κ3) is 18.1. The summed E-state index contributed by atoms with van der Waals surface area (Å²) in [6, 6.07) is 0. The molecule has 0 radical (unpaired) electrons. The fraction of sp³-hybridized carbons (Fsp3) is 1.00. The molecule has 0 aliphatic heterocycles. The summed E-state index contributed by atoms with van der Waals surface area (Å²) >= 11 is 0.218. The molecular weight excluding hydrogens is 299 g/mol. The van der Waals surface area contributed by atoms with Crippen LogP contribution in [0.4, 0.5) is 0 Å². The number of rotatable bonds is 2. The van der Waals surface area contributed by atoms with E-state index in [2.05, 4.69) is 13.8 Å². The summed E-state index contributed by atoms with van der Waals surface area (Å²) in [5.74, 6) is 0. The van der Waals surface area contributed by atoms with Gasteiger partial charge in [0.15, 0.2) is 0 Å². The first-order valence-electron chi connectivity index (χ1n) is 2.12. The molecule has 7 heavy (non-hydrogen) atoms. The van der Waals surface area contributed by atoms with Crippen molar-refractivity contribution in [3.63, 3.8) is 0 Å². The van der Waals surface area contributed by atoms with Crippen LogP contribution in [0.5, 0.6) is 0 Å². The van der Waals surface area contributed by atoms with Crippen molar-refractivity contribution >= 4 is 34.0 Å². The Balaban J connectivity index is -0.0000000800. The number of hydrogen-bond acceptors (Lipinski definition) is 0. The maximum atomic E-state index is 2.29. The van der Waals surface area contributed by atoms with Crippen LogP contribution in [-0.2, 0) is 23.2 Å². The summed E-state index contributed by atoms with van der Waals surface area (Å²) in [5, 5.41) is 0. The van der Waals surface area contributed by atoms with Gasteiger partial charge in [-0.2, -0.15) is 0 Å². The van der Waals surface area contributed by atoms with Gasteiger partial charge in [0.05, 0.1) is 0 Å². The van der Waals surface area contributed by atoms with Crippen molar-refractivity contribution in [2.75, 3.05) is 0 Å². The molecule has 0 rings (SSSR count). The summed E-state index contributed by atoms with van der Waals surface area (Å²) in [4.78, 5) is 0. The minimum atomic E-state index is 0. The predicted octanol–water partition coefficient (Wildman–Crippen LogP) is 3.10. The molecule has 0 saturated carbocycles. The van der Waals surface area contributed by atoms with E-state index in [9.17, 15) is 0 Å². The molecule has 0 heterocycles. The Hall–Kier alpha value is 1.84. The molecule has 0 unspecified atom stereocenters. The third-order valence-corrected chi connectivity index (χ3v) is 2.96. The second-order valence-corrected chi connectivity index (χ2v) is 5.66. The maximum absolute atomic E-state index is 2.29. The predicted molar refractivity (Wildman–Crippen MR) is 41.6 cm³/mol. The van der Waals surface area contributed by atoms with Gasteiger partial charge in [-0.05, 0) is 0 Å². The normalized spacial score (nSPS) is 5.43. The molecule has 46 valence electrons. The van der Waals surface area contributed by atoms with E-state index >= 15 is 0 Å². The molecule has 0 amide bonds. The molecule has 0 atom stereocenters. The number of halogens is 2. The van der Waals surface area contributed by atoms with Gasteiger partial charge in [-0.1, -0.05) is 0 Å². The molecule has 0 aliphatic carbocycles. The van der Waals surface area contributed by atoms with Crippen molar-refractivity contribution in [2.45, 2.75) is 22.1 Å². The van der Waals surface area contributed by atoms with Crippen molar-refractivity contribution in [1.29, 1.82) is 0 Å². The van der Waals surface area contributed by atoms with Crippen LogP contribution in [0.2, 0.25) is 8.26 Å².